The van der Waals surface area contributed by atoms with Crippen molar-refractivity contribution >= 4 is 48.6 Å². The molecule has 4 nitrogen and oxygen atoms in total. The summed E-state index contributed by atoms with van der Waals surface area (Å²) in [5.41, 5.74) is 8.85. The van der Waals surface area contributed by atoms with Gasteiger partial charge in [0.1, 0.15) is 0 Å². The molecule has 0 atom stereocenters. The molecule has 0 saturated heterocycles. The van der Waals surface area contributed by atoms with Crippen molar-refractivity contribution < 1.29 is 0 Å². The number of halogens is 3. The van der Waals surface area contributed by atoms with Crippen molar-refractivity contribution in [3.63, 3.8) is 0 Å². The van der Waals surface area contributed by atoms with Crippen LogP contribution in [-0.2, 0) is 6.54 Å². The first-order valence-electron chi connectivity index (χ1n) is 5.81. The molecule has 0 bridgehead atoms. The molecule has 0 aliphatic rings. The van der Waals surface area contributed by atoms with E-state index in [4.69, 9.17) is 5.73 Å². The number of hydrogen-bond acceptors (Lipinski definition) is 3. The Bertz CT molecular complexity index is 474. The number of nitrogen functional groups attached to an aromatic ring is 1. The summed E-state index contributed by atoms with van der Waals surface area (Å²) in [7, 11) is 0. The quantitative estimate of drug-likeness (QED) is 0.647. The molecule has 0 radical (unpaired) electrons. The molecule has 0 amide bonds. The van der Waals surface area contributed by atoms with Gasteiger partial charge in [-0.3, -0.25) is 0 Å². The second kappa shape index (κ2) is 10.7. The number of hydrogen-bond donors (Lipinski definition) is 2. The van der Waals surface area contributed by atoms with Crippen LogP contribution in [0.15, 0.2) is 36.9 Å². The highest BCUT2D eigenvalue weighted by Crippen LogP contribution is 2.16. The Balaban J connectivity index is 0. The van der Waals surface area contributed by atoms with E-state index in [9.17, 15) is 0 Å². The van der Waals surface area contributed by atoms with Gasteiger partial charge >= 0.3 is 0 Å². The van der Waals surface area contributed by atoms with Crippen molar-refractivity contribution in [2.45, 2.75) is 19.9 Å². The fourth-order valence-corrected chi connectivity index (χ4v) is 1.70. The number of rotatable bonds is 5. The van der Waals surface area contributed by atoms with Crippen LogP contribution >= 0.6 is 37.2 Å². The molecule has 0 spiro atoms. The zero-order chi connectivity index (χ0) is 12.1. The molecule has 1 heterocycles. The fourth-order valence-electron chi connectivity index (χ4n) is 1.70. The van der Waals surface area contributed by atoms with Crippen LogP contribution in [0.5, 0.6) is 0 Å². The third kappa shape index (κ3) is 6.37. The molecule has 0 saturated carbocycles. The minimum Gasteiger partial charge on any atom is -0.399 e. The molecule has 0 unspecified atom stereocenters. The van der Waals surface area contributed by atoms with Crippen molar-refractivity contribution in [2.24, 2.45) is 0 Å². The summed E-state index contributed by atoms with van der Waals surface area (Å²) < 4.78 is 2.08. The number of imidazole rings is 1. The van der Waals surface area contributed by atoms with Gasteiger partial charge in [-0.15, -0.1) is 37.2 Å². The summed E-state index contributed by atoms with van der Waals surface area (Å²) in [6.45, 7) is 3.95. The van der Waals surface area contributed by atoms with E-state index in [1.807, 2.05) is 31.6 Å². The van der Waals surface area contributed by atoms with Crippen LogP contribution in [0, 0.1) is 6.92 Å². The Hall–Kier alpha value is -1.10. The van der Waals surface area contributed by atoms with Crippen molar-refractivity contribution in [2.75, 3.05) is 17.6 Å². The van der Waals surface area contributed by atoms with Gasteiger partial charge in [0.25, 0.3) is 0 Å². The van der Waals surface area contributed by atoms with Gasteiger partial charge in [0, 0.05) is 36.9 Å². The number of nitrogens with one attached hydrogen (secondary N) is 1. The zero-order valence-corrected chi connectivity index (χ0v) is 13.7. The number of benzene rings is 1. The SMILES string of the molecule is Cc1cc(NCCCn2ccnc2)ccc1N.Cl.Cl.Cl. The standard InChI is InChI=1S/C13H18N4.3ClH/c1-11-9-12(3-4-13(11)14)16-5-2-7-17-8-6-15-10-17;;;/h3-4,6,8-10,16H,2,5,7,14H2,1H3;3*1H. The van der Waals surface area contributed by atoms with Gasteiger partial charge in [-0.2, -0.15) is 0 Å². The number of nitrogens with zero attached hydrogens (tertiary/aromatic N) is 2. The molecule has 3 N–H and O–H groups in total. The summed E-state index contributed by atoms with van der Waals surface area (Å²) in [6, 6.07) is 6.03. The molecule has 0 aliphatic heterocycles. The molecule has 1 aromatic carbocycles. The minimum absolute atomic E-state index is 0. The lowest BCUT2D eigenvalue weighted by Crippen LogP contribution is -2.06. The predicted molar refractivity (Wildman–Crippen MR) is 92.7 cm³/mol. The summed E-state index contributed by atoms with van der Waals surface area (Å²) in [4.78, 5) is 4.01. The lowest BCUT2D eigenvalue weighted by atomic mass is 10.2. The molecule has 2 aromatic rings. The van der Waals surface area contributed by atoms with E-state index in [0.29, 0.717) is 0 Å². The molecule has 7 heteroatoms. The number of aromatic nitrogens is 2. The maximum atomic E-state index is 5.77. The third-order valence-corrected chi connectivity index (χ3v) is 2.75. The van der Waals surface area contributed by atoms with E-state index in [-0.39, 0.29) is 37.2 Å². The number of aryl methyl sites for hydroxylation is 2. The minimum atomic E-state index is 0. The largest absolute Gasteiger partial charge is 0.399 e. The van der Waals surface area contributed by atoms with E-state index in [1.54, 1.807) is 6.20 Å². The van der Waals surface area contributed by atoms with E-state index in [1.165, 1.54) is 0 Å². The zero-order valence-electron chi connectivity index (χ0n) is 11.3. The molecule has 114 valence electrons. The number of nitrogens with two attached hydrogens (primary N) is 1. The maximum absolute atomic E-state index is 5.77. The van der Waals surface area contributed by atoms with Gasteiger partial charge in [0.05, 0.1) is 6.33 Å². The Labute approximate surface area is 138 Å². The van der Waals surface area contributed by atoms with Crippen LogP contribution in [0.1, 0.15) is 12.0 Å². The molecular formula is C13H21Cl3N4. The second-order valence-corrected chi connectivity index (χ2v) is 4.15. The van der Waals surface area contributed by atoms with Crippen molar-refractivity contribution in [1.82, 2.24) is 9.55 Å². The highest BCUT2D eigenvalue weighted by Gasteiger charge is 1.96. The van der Waals surface area contributed by atoms with Crippen LogP contribution in [0.3, 0.4) is 0 Å². The highest BCUT2D eigenvalue weighted by molar-refractivity contribution is 5.86. The average Bonchev–Trinajstić information content (AvgIpc) is 2.82. The van der Waals surface area contributed by atoms with Crippen molar-refractivity contribution in [3.05, 3.63) is 42.5 Å². The van der Waals surface area contributed by atoms with Crippen LogP contribution in [0.2, 0.25) is 0 Å². The fraction of sp³-hybridized carbons (Fsp3) is 0.308. The van der Waals surface area contributed by atoms with Gasteiger partial charge < -0.3 is 15.6 Å². The third-order valence-electron chi connectivity index (χ3n) is 2.75. The van der Waals surface area contributed by atoms with Gasteiger partial charge in [-0.25, -0.2) is 4.98 Å². The van der Waals surface area contributed by atoms with Crippen LogP contribution < -0.4 is 11.1 Å². The number of anilines is 2. The predicted octanol–water partition coefficient (Wildman–Crippen LogP) is 3.54. The van der Waals surface area contributed by atoms with Crippen molar-refractivity contribution in [3.8, 4) is 0 Å². The normalized spacial score (nSPS) is 8.85. The molecule has 0 fully saturated rings. The van der Waals surface area contributed by atoms with E-state index in [0.717, 1.165) is 36.4 Å². The van der Waals surface area contributed by atoms with Crippen LogP contribution in [0.25, 0.3) is 0 Å². The summed E-state index contributed by atoms with van der Waals surface area (Å²) >= 11 is 0. The summed E-state index contributed by atoms with van der Waals surface area (Å²) in [5, 5.41) is 3.39. The molecule has 20 heavy (non-hydrogen) atoms. The smallest absolute Gasteiger partial charge is 0.0945 e. The lowest BCUT2D eigenvalue weighted by Gasteiger charge is -2.08. The van der Waals surface area contributed by atoms with Crippen LogP contribution in [-0.4, -0.2) is 16.1 Å². The molecule has 2 rings (SSSR count). The maximum Gasteiger partial charge on any atom is 0.0945 e. The lowest BCUT2D eigenvalue weighted by molar-refractivity contribution is 0.661. The van der Waals surface area contributed by atoms with E-state index in [2.05, 4.69) is 20.9 Å². The first kappa shape index (κ1) is 21.2. The topological polar surface area (TPSA) is 55.9 Å². The Morgan fingerprint density at radius 1 is 1.25 bits per heavy atom. The molecule has 0 aliphatic carbocycles. The monoisotopic (exact) mass is 338 g/mol. The van der Waals surface area contributed by atoms with Crippen molar-refractivity contribution in [1.29, 1.82) is 0 Å². The van der Waals surface area contributed by atoms with Gasteiger partial charge in [0.2, 0.25) is 0 Å². The van der Waals surface area contributed by atoms with Gasteiger partial charge in [0.15, 0.2) is 0 Å². The summed E-state index contributed by atoms with van der Waals surface area (Å²) in [5.74, 6) is 0. The first-order chi connectivity index (χ1) is 8.25. The highest BCUT2D eigenvalue weighted by atomic mass is 35.5. The Kier molecular flexibility index (Phi) is 11.3. The van der Waals surface area contributed by atoms with E-state index >= 15 is 0 Å². The Morgan fingerprint density at radius 2 is 2.00 bits per heavy atom. The Morgan fingerprint density at radius 3 is 2.60 bits per heavy atom. The van der Waals surface area contributed by atoms with E-state index < -0.39 is 0 Å². The van der Waals surface area contributed by atoms with Crippen LogP contribution in [0.4, 0.5) is 11.4 Å². The van der Waals surface area contributed by atoms with Gasteiger partial charge in [-0.1, -0.05) is 0 Å². The molecular weight excluding hydrogens is 319 g/mol. The first-order valence-corrected chi connectivity index (χ1v) is 5.81. The average molecular weight is 340 g/mol. The summed E-state index contributed by atoms with van der Waals surface area (Å²) in [6.07, 6.45) is 6.69. The van der Waals surface area contributed by atoms with Gasteiger partial charge in [-0.05, 0) is 37.1 Å². The second-order valence-electron chi connectivity index (χ2n) is 4.15. The molecule has 1 aromatic heterocycles.